The minimum Gasteiger partial charge on any atom is -0.351 e. The maximum absolute atomic E-state index is 13.1. The van der Waals surface area contributed by atoms with Crippen molar-refractivity contribution in [1.29, 1.82) is 0 Å². The number of carbonyl (C=O) groups is 1. The van der Waals surface area contributed by atoms with E-state index in [0.29, 0.717) is 24.9 Å². The molecule has 2 aromatic rings. The lowest BCUT2D eigenvalue weighted by atomic mass is 9.83. The van der Waals surface area contributed by atoms with E-state index in [1.54, 1.807) is 12.4 Å². The summed E-state index contributed by atoms with van der Waals surface area (Å²) in [5.74, 6) is 0.525. The molecule has 0 saturated carbocycles. The number of nitrogens with zero attached hydrogens (tertiary/aromatic N) is 4. The summed E-state index contributed by atoms with van der Waals surface area (Å²) < 4.78 is 1.86. The quantitative estimate of drug-likeness (QED) is 0.743. The molecule has 2 bridgehead atoms. The van der Waals surface area contributed by atoms with Crippen LogP contribution in [0.4, 0.5) is 0 Å². The molecule has 2 atom stereocenters. The lowest BCUT2D eigenvalue weighted by Crippen LogP contribution is -2.48. The molecule has 0 radical (unpaired) electrons. The van der Waals surface area contributed by atoms with Crippen LogP contribution in [0.2, 0.25) is 0 Å². The first-order valence-corrected chi connectivity index (χ1v) is 11.1. The van der Waals surface area contributed by atoms with Gasteiger partial charge in [-0.15, -0.1) is 0 Å². The van der Waals surface area contributed by atoms with Gasteiger partial charge < -0.3 is 19.8 Å². The van der Waals surface area contributed by atoms with E-state index in [2.05, 4.69) is 25.1 Å². The zero-order chi connectivity index (χ0) is 20.5. The van der Waals surface area contributed by atoms with Crippen LogP contribution in [-0.2, 0) is 13.1 Å². The summed E-state index contributed by atoms with van der Waals surface area (Å²) in [5, 5.41) is 2.94. The van der Waals surface area contributed by atoms with Crippen molar-refractivity contribution in [2.75, 3.05) is 39.3 Å². The van der Waals surface area contributed by atoms with Crippen LogP contribution in [0.25, 0.3) is 0 Å². The number of hydrogen-bond acceptors (Lipinski definition) is 5. The normalized spacial score (nSPS) is 24.0. The van der Waals surface area contributed by atoms with Crippen molar-refractivity contribution in [1.82, 2.24) is 29.7 Å². The Morgan fingerprint density at radius 3 is 2.83 bits per heavy atom. The predicted octanol–water partition coefficient (Wildman–Crippen LogP) is 1.02. The van der Waals surface area contributed by atoms with Crippen LogP contribution in [0.3, 0.4) is 0 Å². The van der Waals surface area contributed by atoms with Gasteiger partial charge in [-0.3, -0.25) is 14.5 Å². The Kier molecular flexibility index (Phi) is 5.43. The fourth-order valence-corrected chi connectivity index (χ4v) is 5.39. The molecule has 2 aromatic heterocycles. The minimum absolute atomic E-state index is 0.136. The first-order valence-electron chi connectivity index (χ1n) is 11.1. The molecular weight excluding hydrogens is 380 g/mol. The SMILES string of the molecule is O=C(NCCN1CCCC1)c1ccc2n(c1=O)C[C@H]1C[C@@H]2CN(Cc2cnc[nH]2)C1. The molecule has 30 heavy (non-hydrogen) atoms. The minimum atomic E-state index is -0.244. The van der Waals surface area contributed by atoms with E-state index in [4.69, 9.17) is 0 Å². The molecule has 2 fully saturated rings. The molecule has 3 aliphatic heterocycles. The van der Waals surface area contributed by atoms with Crippen molar-refractivity contribution in [3.8, 4) is 0 Å². The van der Waals surface area contributed by atoms with Crippen LogP contribution < -0.4 is 10.9 Å². The van der Waals surface area contributed by atoms with Gasteiger partial charge in [-0.1, -0.05) is 0 Å². The summed E-state index contributed by atoms with van der Waals surface area (Å²) in [6.07, 6.45) is 7.17. The third-order valence-electron chi connectivity index (χ3n) is 6.79. The maximum Gasteiger partial charge on any atom is 0.263 e. The van der Waals surface area contributed by atoms with E-state index in [1.165, 1.54) is 12.8 Å². The van der Waals surface area contributed by atoms with E-state index < -0.39 is 0 Å². The predicted molar refractivity (Wildman–Crippen MR) is 113 cm³/mol. The van der Waals surface area contributed by atoms with Gasteiger partial charge in [0, 0.05) is 62.8 Å². The fraction of sp³-hybridized carbons (Fsp3) is 0.591. The molecule has 0 aliphatic carbocycles. The number of hydrogen-bond donors (Lipinski definition) is 2. The van der Waals surface area contributed by atoms with E-state index >= 15 is 0 Å². The van der Waals surface area contributed by atoms with Gasteiger partial charge in [-0.25, -0.2) is 4.98 Å². The number of H-pyrrole nitrogens is 1. The number of carbonyl (C=O) groups excluding carboxylic acids is 1. The largest absolute Gasteiger partial charge is 0.351 e. The molecule has 160 valence electrons. The topological polar surface area (TPSA) is 86.3 Å². The van der Waals surface area contributed by atoms with Gasteiger partial charge in [0.25, 0.3) is 11.5 Å². The zero-order valence-corrected chi connectivity index (χ0v) is 17.3. The molecule has 8 nitrogen and oxygen atoms in total. The second-order valence-corrected chi connectivity index (χ2v) is 8.96. The van der Waals surface area contributed by atoms with E-state index in [-0.39, 0.29) is 17.0 Å². The Morgan fingerprint density at radius 2 is 2.03 bits per heavy atom. The maximum atomic E-state index is 13.1. The average Bonchev–Trinajstić information content (AvgIpc) is 3.43. The van der Waals surface area contributed by atoms with E-state index in [0.717, 1.165) is 57.1 Å². The van der Waals surface area contributed by atoms with Crippen LogP contribution in [0, 0.1) is 5.92 Å². The molecule has 8 heteroatoms. The monoisotopic (exact) mass is 410 g/mol. The van der Waals surface area contributed by atoms with Gasteiger partial charge in [0.05, 0.1) is 6.33 Å². The number of aromatic amines is 1. The fourth-order valence-electron chi connectivity index (χ4n) is 5.39. The molecule has 0 unspecified atom stereocenters. The lowest BCUT2D eigenvalue weighted by Gasteiger charge is -2.42. The van der Waals surface area contributed by atoms with E-state index in [1.807, 2.05) is 16.8 Å². The third-order valence-corrected chi connectivity index (χ3v) is 6.79. The van der Waals surface area contributed by atoms with Crippen molar-refractivity contribution in [2.24, 2.45) is 5.92 Å². The number of piperidine rings is 1. The zero-order valence-electron chi connectivity index (χ0n) is 17.3. The van der Waals surface area contributed by atoms with Gasteiger partial charge in [0.2, 0.25) is 0 Å². The number of aromatic nitrogens is 3. The molecule has 1 amide bonds. The van der Waals surface area contributed by atoms with Gasteiger partial charge in [0.1, 0.15) is 5.56 Å². The van der Waals surface area contributed by atoms with Crippen LogP contribution in [0.5, 0.6) is 0 Å². The number of imidazole rings is 1. The van der Waals surface area contributed by atoms with Crippen molar-refractivity contribution in [2.45, 2.75) is 38.3 Å². The summed E-state index contributed by atoms with van der Waals surface area (Å²) in [5.41, 5.74) is 2.32. The summed E-state index contributed by atoms with van der Waals surface area (Å²) >= 11 is 0. The van der Waals surface area contributed by atoms with Crippen LogP contribution in [-0.4, -0.2) is 69.5 Å². The highest BCUT2D eigenvalue weighted by Crippen LogP contribution is 2.35. The van der Waals surface area contributed by atoms with Crippen LogP contribution in [0.15, 0.2) is 29.5 Å². The molecule has 2 N–H and O–H groups in total. The Labute approximate surface area is 176 Å². The molecule has 5 heterocycles. The van der Waals surface area contributed by atoms with Crippen LogP contribution >= 0.6 is 0 Å². The van der Waals surface area contributed by atoms with Crippen molar-refractivity contribution < 1.29 is 4.79 Å². The molecule has 0 aromatic carbocycles. The standard InChI is InChI=1S/C22H30N6O2/c29-21(24-5-8-26-6-1-2-7-26)19-3-4-20-17-9-16(12-28(20)22(19)30)11-27(13-17)14-18-10-23-15-25-18/h3-4,10,15-17H,1-2,5-9,11-14H2,(H,23,25)(H,24,29)/t16-,17+/m0/s1. The highest BCUT2D eigenvalue weighted by atomic mass is 16.2. The Morgan fingerprint density at radius 1 is 1.17 bits per heavy atom. The van der Waals surface area contributed by atoms with Crippen molar-refractivity contribution >= 4 is 5.91 Å². The first kappa shape index (κ1) is 19.5. The van der Waals surface area contributed by atoms with Crippen molar-refractivity contribution in [3.05, 3.63) is 52.0 Å². The van der Waals surface area contributed by atoms with Crippen LogP contribution in [0.1, 0.15) is 46.9 Å². The van der Waals surface area contributed by atoms with Gasteiger partial charge in [-0.05, 0) is 50.4 Å². The summed E-state index contributed by atoms with van der Waals surface area (Å²) in [6.45, 7) is 7.11. The average molecular weight is 411 g/mol. The highest BCUT2D eigenvalue weighted by molar-refractivity contribution is 5.93. The Hall–Kier alpha value is -2.45. The van der Waals surface area contributed by atoms with Gasteiger partial charge in [0.15, 0.2) is 0 Å². The molecular formula is C22H30N6O2. The first-order chi connectivity index (χ1) is 14.7. The number of rotatable bonds is 6. The second kappa shape index (κ2) is 8.35. The number of amides is 1. The smallest absolute Gasteiger partial charge is 0.263 e. The highest BCUT2D eigenvalue weighted by Gasteiger charge is 2.35. The van der Waals surface area contributed by atoms with E-state index in [9.17, 15) is 9.59 Å². The second-order valence-electron chi connectivity index (χ2n) is 8.96. The number of likely N-dealkylation sites (tertiary alicyclic amines) is 2. The van der Waals surface area contributed by atoms with Gasteiger partial charge >= 0.3 is 0 Å². The number of nitrogens with one attached hydrogen (secondary N) is 2. The molecule has 3 aliphatic rings. The summed E-state index contributed by atoms with van der Waals surface area (Å²) in [6, 6.07) is 3.73. The van der Waals surface area contributed by atoms with Gasteiger partial charge in [-0.2, -0.15) is 0 Å². The molecule has 5 rings (SSSR count). The molecule has 2 saturated heterocycles. The number of pyridine rings is 1. The number of fused-ring (bicyclic) bond motifs is 4. The molecule has 0 spiro atoms. The lowest BCUT2D eigenvalue weighted by molar-refractivity contribution is 0.0942. The third kappa shape index (κ3) is 3.94. The Bertz CT molecular complexity index is 947. The summed E-state index contributed by atoms with van der Waals surface area (Å²) in [7, 11) is 0. The Balaban J connectivity index is 1.27. The summed E-state index contributed by atoms with van der Waals surface area (Å²) in [4.78, 5) is 37.8. The van der Waals surface area contributed by atoms with Crippen molar-refractivity contribution in [3.63, 3.8) is 0 Å².